The van der Waals surface area contributed by atoms with Gasteiger partial charge in [-0.05, 0) is 48.2 Å². The van der Waals surface area contributed by atoms with E-state index in [9.17, 15) is 10.2 Å². The molecule has 2 heterocycles. The van der Waals surface area contributed by atoms with Crippen molar-refractivity contribution in [2.75, 3.05) is 7.11 Å². The number of phenolic OH excluding ortho intramolecular Hbond substituents is 1. The van der Waals surface area contributed by atoms with E-state index in [0.717, 1.165) is 27.7 Å². The fourth-order valence-electron chi connectivity index (χ4n) is 3.80. The fraction of sp³-hybridized carbons (Fsp3) is 0.273. The molecule has 2 aromatic carbocycles. The lowest BCUT2D eigenvalue weighted by atomic mass is 9.98. The number of fused-ring (bicyclic) bond motifs is 1. The predicted molar refractivity (Wildman–Crippen MR) is 112 cm³/mol. The van der Waals surface area contributed by atoms with Gasteiger partial charge in [0.2, 0.25) is 0 Å². The van der Waals surface area contributed by atoms with Crippen LogP contribution in [0.4, 0.5) is 0 Å². The number of benzene rings is 2. The van der Waals surface area contributed by atoms with Crippen molar-refractivity contribution >= 4 is 10.9 Å². The molecule has 0 aliphatic heterocycles. The summed E-state index contributed by atoms with van der Waals surface area (Å²) in [5.74, 6) is 1.16. The number of nitrogens with zero attached hydrogens (tertiary/aromatic N) is 4. The zero-order valence-electron chi connectivity index (χ0n) is 17.1. The largest absolute Gasteiger partial charge is 0.508 e. The molecule has 7 heteroatoms. The molecule has 0 atom stereocenters. The van der Waals surface area contributed by atoms with Crippen LogP contribution >= 0.6 is 0 Å². The Bertz CT molecular complexity index is 1220. The van der Waals surface area contributed by atoms with E-state index in [-0.39, 0.29) is 17.7 Å². The maximum absolute atomic E-state index is 10.5. The summed E-state index contributed by atoms with van der Waals surface area (Å²) in [6.07, 6.45) is 2.07. The third-order valence-corrected chi connectivity index (χ3v) is 5.29. The summed E-state index contributed by atoms with van der Waals surface area (Å²) in [6, 6.07) is 9.14. The third-order valence-electron chi connectivity index (χ3n) is 5.29. The molecule has 0 saturated heterocycles. The molecule has 0 unspecified atom stereocenters. The van der Waals surface area contributed by atoms with Crippen molar-refractivity contribution in [1.82, 2.24) is 19.3 Å². The van der Waals surface area contributed by atoms with Crippen LogP contribution in [0.1, 0.15) is 30.9 Å². The topological polar surface area (TPSA) is 85.3 Å². The molecule has 2 aromatic heterocycles. The smallest absolute Gasteiger partial charge is 0.319 e. The first-order valence-corrected chi connectivity index (χ1v) is 9.43. The van der Waals surface area contributed by atoms with Crippen molar-refractivity contribution in [2.45, 2.75) is 26.7 Å². The summed E-state index contributed by atoms with van der Waals surface area (Å²) in [5.41, 5.74) is 4.40. The normalized spacial score (nSPS) is 11.5. The van der Waals surface area contributed by atoms with Crippen LogP contribution in [-0.4, -0.2) is 36.7 Å². The van der Waals surface area contributed by atoms with Gasteiger partial charge < -0.3 is 19.5 Å². The second-order valence-electron chi connectivity index (χ2n) is 7.55. The van der Waals surface area contributed by atoms with E-state index in [2.05, 4.69) is 27.9 Å². The minimum atomic E-state index is -0.214. The fourth-order valence-corrected chi connectivity index (χ4v) is 3.80. The maximum atomic E-state index is 10.5. The zero-order chi connectivity index (χ0) is 20.9. The van der Waals surface area contributed by atoms with Crippen molar-refractivity contribution in [2.24, 2.45) is 7.05 Å². The van der Waals surface area contributed by atoms with E-state index < -0.39 is 0 Å². The van der Waals surface area contributed by atoms with E-state index in [1.54, 1.807) is 10.6 Å². The van der Waals surface area contributed by atoms with Crippen LogP contribution in [0.2, 0.25) is 0 Å². The highest BCUT2D eigenvalue weighted by atomic mass is 16.5. The molecule has 0 aliphatic rings. The highest BCUT2D eigenvalue weighted by molar-refractivity contribution is 5.86. The zero-order valence-corrected chi connectivity index (χ0v) is 17.1. The number of ether oxygens (including phenoxy) is 1. The van der Waals surface area contributed by atoms with Crippen LogP contribution in [0.5, 0.6) is 17.5 Å². The minimum absolute atomic E-state index is 0.105. The second kappa shape index (κ2) is 6.84. The lowest BCUT2D eigenvalue weighted by molar-refractivity contribution is 0.406. The summed E-state index contributed by atoms with van der Waals surface area (Å²) < 4.78 is 9.14. The monoisotopic (exact) mass is 392 g/mol. The van der Waals surface area contributed by atoms with Gasteiger partial charge in [0.05, 0.1) is 18.4 Å². The number of aromatic hydroxyl groups is 2. The Kier molecular flexibility index (Phi) is 4.45. The van der Waals surface area contributed by atoms with Gasteiger partial charge in [0, 0.05) is 30.2 Å². The van der Waals surface area contributed by atoms with Gasteiger partial charge in [-0.1, -0.05) is 18.9 Å². The molecule has 4 aromatic rings. The minimum Gasteiger partial charge on any atom is -0.508 e. The Labute approximate surface area is 168 Å². The first kappa shape index (κ1) is 18.9. The number of methoxy groups -OCH3 is 1. The summed E-state index contributed by atoms with van der Waals surface area (Å²) in [7, 11) is 3.54. The van der Waals surface area contributed by atoms with Crippen LogP contribution < -0.4 is 4.74 Å². The number of aromatic nitrogens is 4. The summed E-state index contributed by atoms with van der Waals surface area (Å²) >= 11 is 0. The molecule has 0 aliphatic carbocycles. The predicted octanol–water partition coefficient (Wildman–Crippen LogP) is 4.28. The molecule has 2 N–H and O–H groups in total. The van der Waals surface area contributed by atoms with Gasteiger partial charge in [-0.2, -0.15) is 0 Å². The molecule has 4 rings (SSSR count). The number of hydrogen-bond acceptors (Lipinski definition) is 5. The molecule has 29 heavy (non-hydrogen) atoms. The van der Waals surface area contributed by atoms with Crippen molar-refractivity contribution in [3.05, 3.63) is 47.7 Å². The van der Waals surface area contributed by atoms with Gasteiger partial charge in [-0.3, -0.25) is 0 Å². The Morgan fingerprint density at radius 2 is 1.83 bits per heavy atom. The van der Waals surface area contributed by atoms with Gasteiger partial charge >= 0.3 is 6.01 Å². The van der Waals surface area contributed by atoms with E-state index >= 15 is 0 Å². The van der Waals surface area contributed by atoms with Crippen molar-refractivity contribution in [3.8, 4) is 34.6 Å². The van der Waals surface area contributed by atoms with Gasteiger partial charge in [-0.15, -0.1) is 5.10 Å². The summed E-state index contributed by atoms with van der Waals surface area (Å²) in [5, 5.41) is 30.0. The second-order valence-corrected chi connectivity index (χ2v) is 7.55. The van der Waals surface area contributed by atoms with E-state index in [1.807, 2.05) is 45.2 Å². The Morgan fingerprint density at radius 1 is 1.07 bits per heavy atom. The molecular weight excluding hydrogens is 368 g/mol. The molecule has 7 nitrogen and oxygen atoms in total. The highest BCUT2D eigenvalue weighted by Gasteiger charge is 2.22. The van der Waals surface area contributed by atoms with Crippen molar-refractivity contribution in [1.29, 1.82) is 0 Å². The number of phenols is 1. The Morgan fingerprint density at radius 3 is 2.52 bits per heavy atom. The summed E-state index contributed by atoms with van der Waals surface area (Å²) in [4.78, 5) is 0. The molecule has 0 bridgehead atoms. The first-order valence-electron chi connectivity index (χ1n) is 9.43. The van der Waals surface area contributed by atoms with Gasteiger partial charge in [-0.25, -0.2) is 4.57 Å². The SMILES string of the molecule is COc1cc(O)c(C(C)C)cc1-c1nnc(O)n1-c1ccc2c(c1)c(C)cn2C. The van der Waals surface area contributed by atoms with Gasteiger partial charge in [0.1, 0.15) is 11.5 Å². The lowest BCUT2D eigenvalue weighted by Gasteiger charge is -2.15. The third kappa shape index (κ3) is 2.99. The Hall–Kier alpha value is -3.48. The molecular formula is C22H24N4O3. The number of rotatable bonds is 4. The van der Waals surface area contributed by atoms with Gasteiger partial charge in [0.15, 0.2) is 5.82 Å². The quantitative estimate of drug-likeness (QED) is 0.541. The molecule has 0 saturated carbocycles. The van der Waals surface area contributed by atoms with Crippen molar-refractivity contribution < 1.29 is 14.9 Å². The van der Waals surface area contributed by atoms with E-state index in [0.29, 0.717) is 17.1 Å². The molecule has 0 amide bonds. The average Bonchev–Trinajstić information content (AvgIpc) is 3.20. The van der Waals surface area contributed by atoms with Crippen LogP contribution in [0, 0.1) is 6.92 Å². The summed E-state index contributed by atoms with van der Waals surface area (Å²) in [6.45, 7) is 6.05. The molecule has 0 spiro atoms. The van der Waals surface area contributed by atoms with Gasteiger partial charge in [0.25, 0.3) is 0 Å². The lowest BCUT2D eigenvalue weighted by Crippen LogP contribution is -2.01. The first-order chi connectivity index (χ1) is 13.8. The molecule has 0 radical (unpaired) electrons. The molecule has 0 fully saturated rings. The molecule has 150 valence electrons. The standard InChI is InChI=1S/C22H24N4O3/c1-12(2)15-9-17(20(29-5)10-19(15)27)21-23-24-22(28)26(21)14-6-7-18-16(8-14)13(3)11-25(18)4/h6-12,27H,1-5H3,(H,24,28). The van der Waals surface area contributed by atoms with Crippen molar-refractivity contribution in [3.63, 3.8) is 0 Å². The number of hydrogen-bond donors (Lipinski definition) is 2. The van der Waals surface area contributed by atoms with Crippen LogP contribution in [-0.2, 0) is 7.05 Å². The Balaban J connectivity index is 1.96. The van der Waals surface area contributed by atoms with Crippen LogP contribution in [0.3, 0.4) is 0 Å². The maximum Gasteiger partial charge on any atom is 0.319 e. The van der Waals surface area contributed by atoms with Crippen LogP contribution in [0.25, 0.3) is 28.0 Å². The van der Waals surface area contributed by atoms with E-state index in [4.69, 9.17) is 4.74 Å². The van der Waals surface area contributed by atoms with Crippen LogP contribution in [0.15, 0.2) is 36.5 Å². The van der Waals surface area contributed by atoms with E-state index in [1.165, 1.54) is 7.11 Å². The highest BCUT2D eigenvalue weighted by Crippen LogP contribution is 2.39. The number of aryl methyl sites for hydroxylation is 2. The average molecular weight is 392 g/mol.